The highest BCUT2D eigenvalue weighted by Crippen LogP contribution is 2.69. The largest absolute Gasteiger partial charge is 0.429 e. The number of alkyl halides is 6. The molecule has 0 radical (unpaired) electrons. The second-order valence-corrected chi connectivity index (χ2v) is 8.93. The van der Waals surface area contributed by atoms with Crippen LogP contribution in [-0.2, 0) is 0 Å². The standard InChI is InChI=1S/C19H26F6O2/c1-15-7-2-4-13(26)12(15)5-6-14(15)16(10-11-16)8-3-9-17(27,18(20,21)22)19(23,24)25/h3,9,12-14,26-27H,2,4-8,10-11H2,1H3/b9-3+/t12?,13-,14-,15-/m0/s1. The van der Waals surface area contributed by atoms with Crippen molar-refractivity contribution in [1.82, 2.24) is 0 Å². The predicted molar refractivity (Wildman–Crippen MR) is 86.7 cm³/mol. The van der Waals surface area contributed by atoms with Gasteiger partial charge in [-0.1, -0.05) is 19.4 Å². The summed E-state index contributed by atoms with van der Waals surface area (Å²) in [6, 6.07) is 0. The average Bonchev–Trinajstić information content (AvgIpc) is 3.19. The molecule has 2 N–H and O–H groups in total. The molecule has 2 nitrogen and oxygen atoms in total. The Morgan fingerprint density at radius 2 is 1.56 bits per heavy atom. The summed E-state index contributed by atoms with van der Waals surface area (Å²) in [5, 5.41) is 19.6. The Labute approximate surface area is 154 Å². The van der Waals surface area contributed by atoms with Crippen molar-refractivity contribution in [2.24, 2.45) is 22.7 Å². The van der Waals surface area contributed by atoms with Gasteiger partial charge in [0.2, 0.25) is 0 Å². The lowest BCUT2D eigenvalue weighted by Gasteiger charge is -2.46. The Hall–Kier alpha value is -0.760. The number of aliphatic hydroxyl groups is 2. The van der Waals surface area contributed by atoms with Crippen molar-refractivity contribution in [3.63, 3.8) is 0 Å². The van der Waals surface area contributed by atoms with Crippen molar-refractivity contribution in [1.29, 1.82) is 0 Å². The third-order valence-electron chi connectivity index (χ3n) is 7.47. The van der Waals surface area contributed by atoms with Crippen molar-refractivity contribution < 1.29 is 36.6 Å². The van der Waals surface area contributed by atoms with Gasteiger partial charge in [0.25, 0.3) is 5.60 Å². The summed E-state index contributed by atoms with van der Waals surface area (Å²) < 4.78 is 76.9. The number of fused-ring (bicyclic) bond motifs is 1. The third kappa shape index (κ3) is 3.30. The van der Waals surface area contributed by atoms with E-state index in [2.05, 4.69) is 6.92 Å². The van der Waals surface area contributed by atoms with Gasteiger partial charge >= 0.3 is 12.4 Å². The molecule has 1 unspecified atom stereocenters. The molecule has 0 aromatic rings. The van der Waals surface area contributed by atoms with E-state index < -0.39 is 18.0 Å². The maximum absolute atomic E-state index is 12.8. The van der Waals surface area contributed by atoms with Crippen molar-refractivity contribution >= 4 is 0 Å². The molecule has 0 aromatic heterocycles. The fraction of sp³-hybridized carbons (Fsp3) is 0.895. The lowest BCUT2D eigenvalue weighted by Crippen LogP contribution is -2.55. The second kappa shape index (κ2) is 6.37. The molecule has 0 spiro atoms. The molecule has 0 aromatic carbocycles. The van der Waals surface area contributed by atoms with Crippen LogP contribution in [0.25, 0.3) is 0 Å². The van der Waals surface area contributed by atoms with Gasteiger partial charge in [-0.3, -0.25) is 0 Å². The molecular formula is C19H26F6O2. The smallest absolute Gasteiger partial charge is 0.393 e. The monoisotopic (exact) mass is 400 g/mol. The van der Waals surface area contributed by atoms with Crippen LogP contribution in [-0.4, -0.2) is 34.3 Å². The maximum Gasteiger partial charge on any atom is 0.429 e. The summed E-state index contributed by atoms with van der Waals surface area (Å²) in [7, 11) is 0. The van der Waals surface area contributed by atoms with Crippen LogP contribution in [0, 0.1) is 22.7 Å². The van der Waals surface area contributed by atoms with Gasteiger partial charge in [-0.15, -0.1) is 0 Å². The Morgan fingerprint density at radius 3 is 2.07 bits per heavy atom. The summed E-state index contributed by atoms with van der Waals surface area (Å²) in [4.78, 5) is 0. The first-order chi connectivity index (χ1) is 12.3. The zero-order valence-corrected chi connectivity index (χ0v) is 15.2. The molecule has 3 rings (SSSR count). The van der Waals surface area contributed by atoms with Crippen molar-refractivity contribution in [2.75, 3.05) is 0 Å². The Morgan fingerprint density at radius 1 is 0.963 bits per heavy atom. The summed E-state index contributed by atoms with van der Waals surface area (Å²) in [5.41, 5.74) is -5.25. The van der Waals surface area contributed by atoms with Gasteiger partial charge in [0.1, 0.15) is 0 Å². The molecule has 0 amide bonds. The number of halogens is 6. The number of rotatable bonds is 4. The molecule has 3 fully saturated rings. The van der Waals surface area contributed by atoms with Crippen LogP contribution < -0.4 is 0 Å². The fourth-order valence-electron chi connectivity index (χ4n) is 5.82. The minimum absolute atomic E-state index is 0.0878. The zero-order chi connectivity index (χ0) is 20.3. The minimum atomic E-state index is -5.82. The van der Waals surface area contributed by atoms with Crippen LogP contribution in [0.1, 0.15) is 58.3 Å². The third-order valence-corrected chi connectivity index (χ3v) is 7.47. The first-order valence-electron chi connectivity index (χ1n) is 9.48. The molecule has 3 saturated carbocycles. The normalized spacial score (nSPS) is 36.9. The van der Waals surface area contributed by atoms with Gasteiger partial charge in [0.05, 0.1) is 6.10 Å². The van der Waals surface area contributed by atoms with E-state index in [-0.39, 0.29) is 41.3 Å². The highest BCUT2D eigenvalue weighted by molar-refractivity contribution is 5.16. The first-order valence-corrected chi connectivity index (χ1v) is 9.48. The molecule has 3 aliphatic carbocycles. The molecule has 3 aliphatic rings. The van der Waals surface area contributed by atoms with Gasteiger partial charge in [0.15, 0.2) is 0 Å². The quantitative estimate of drug-likeness (QED) is 0.506. The van der Waals surface area contributed by atoms with E-state index in [1.54, 1.807) is 0 Å². The topological polar surface area (TPSA) is 40.5 Å². The molecule has 0 bridgehead atoms. The Bertz CT molecular complexity index is 578. The van der Waals surface area contributed by atoms with Crippen LogP contribution in [0.5, 0.6) is 0 Å². The van der Waals surface area contributed by atoms with Crippen LogP contribution in [0.3, 0.4) is 0 Å². The number of hydrogen-bond acceptors (Lipinski definition) is 2. The van der Waals surface area contributed by atoms with Crippen molar-refractivity contribution in [3.8, 4) is 0 Å². The van der Waals surface area contributed by atoms with E-state index in [0.717, 1.165) is 51.0 Å². The van der Waals surface area contributed by atoms with Crippen LogP contribution >= 0.6 is 0 Å². The van der Waals surface area contributed by atoms with E-state index in [1.807, 2.05) is 0 Å². The molecule has 0 heterocycles. The molecule has 8 heteroatoms. The van der Waals surface area contributed by atoms with Crippen LogP contribution in [0.4, 0.5) is 26.3 Å². The van der Waals surface area contributed by atoms with E-state index in [9.17, 15) is 36.6 Å². The Kier molecular flexibility index (Phi) is 4.95. The van der Waals surface area contributed by atoms with Crippen molar-refractivity contribution in [2.45, 2.75) is 82.3 Å². The van der Waals surface area contributed by atoms with E-state index in [1.165, 1.54) is 0 Å². The average molecular weight is 400 g/mol. The molecule has 4 atom stereocenters. The Balaban J connectivity index is 1.77. The number of aliphatic hydroxyl groups excluding tert-OH is 1. The van der Waals surface area contributed by atoms with Gasteiger partial charge in [-0.05, 0) is 73.7 Å². The van der Waals surface area contributed by atoms with E-state index >= 15 is 0 Å². The summed E-state index contributed by atoms with van der Waals surface area (Å²) in [6.07, 6.45) is -5.41. The lowest BCUT2D eigenvalue weighted by molar-refractivity contribution is -0.347. The minimum Gasteiger partial charge on any atom is -0.393 e. The number of hydrogen-bond donors (Lipinski definition) is 2. The van der Waals surface area contributed by atoms with Crippen molar-refractivity contribution in [3.05, 3.63) is 12.2 Å². The van der Waals surface area contributed by atoms with E-state index in [0.29, 0.717) is 0 Å². The lowest BCUT2D eigenvalue weighted by atomic mass is 9.60. The molecule has 0 aliphatic heterocycles. The van der Waals surface area contributed by atoms with Crippen LogP contribution in [0.2, 0.25) is 0 Å². The second-order valence-electron chi connectivity index (χ2n) is 8.93. The van der Waals surface area contributed by atoms with Gasteiger partial charge < -0.3 is 10.2 Å². The SMILES string of the molecule is C[C@]12CCC[C@H](O)C1CC[C@@H]2C1(C/C=C/C(O)(C(F)(F)F)C(F)(F)F)CC1. The van der Waals surface area contributed by atoms with Crippen LogP contribution in [0.15, 0.2) is 12.2 Å². The summed E-state index contributed by atoms with van der Waals surface area (Å²) in [6.45, 7) is 2.11. The van der Waals surface area contributed by atoms with Gasteiger partial charge in [0, 0.05) is 0 Å². The fourth-order valence-corrected chi connectivity index (χ4v) is 5.82. The summed E-state index contributed by atoms with van der Waals surface area (Å²) in [5.74, 6) is 0.333. The van der Waals surface area contributed by atoms with Gasteiger partial charge in [-0.25, -0.2) is 0 Å². The highest BCUT2D eigenvalue weighted by Gasteiger charge is 2.69. The maximum atomic E-state index is 12.8. The first kappa shape index (κ1) is 21.0. The molecule has 156 valence electrons. The predicted octanol–water partition coefficient (Wildman–Crippen LogP) is 5.15. The highest BCUT2D eigenvalue weighted by atomic mass is 19.4. The number of allylic oxidation sites excluding steroid dienone is 1. The zero-order valence-electron chi connectivity index (χ0n) is 15.2. The van der Waals surface area contributed by atoms with Gasteiger partial charge in [-0.2, -0.15) is 26.3 Å². The molecule has 27 heavy (non-hydrogen) atoms. The summed E-state index contributed by atoms with van der Waals surface area (Å²) >= 11 is 0. The van der Waals surface area contributed by atoms with E-state index in [4.69, 9.17) is 0 Å². The molecule has 0 saturated heterocycles. The molecular weight excluding hydrogens is 374 g/mol.